The first-order valence-corrected chi connectivity index (χ1v) is 8.21. The van der Waals surface area contributed by atoms with Crippen molar-refractivity contribution >= 4 is 11.5 Å². The molecule has 1 aromatic carbocycles. The third-order valence-electron chi connectivity index (χ3n) is 4.26. The Morgan fingerprint density at radius 2 is 1.83 bits per heavy atom. The molecule has 2 heterocycles. The van der Waals surface area contributed by atoms with Crippen LogP contribution in [-0.2, 0) is 0 Å². The van der Waals surface area contributed by atoms with Gasteiger partial charge in [-0.2, -0.15) is 0 Å². The van der Waals surface area contributed by atoms with Crippen LogP contribution in [0.25, 0.3) is 0 Å². The first kappa shape index (κ1) is 16.4. The zero-order valence-corrected chi connectivity index (χ0v) is 14.5. The van der Waals surface area contributed by atoms with Gasteiger partial charge < -0.3 is 19.7 Å². The van der Waals surface area contributed by atoms with E-state index < -0.39 is 0 Å². The maximum absolute atomic E-state index is 5.34. The molecule has 1 fully saturated rings. The molecule has 6 nitrogen and oxygen atoms in total. The average Bonchev–Trinajstić information content (AvgIpc) is 2.61. The Balaban J connectivity index is 1.71. The quantitative estimate of drug-likeness (QED) is 0.911. The van der Waals surface area contributed by atoms with Crippen LogP contribution < -0.4 is 19.7 Å². The van der Waals surface area contributed by atoms with E-state index in [-0.39, 0.29) is 0 Å². The first-order valence-electron chi connectivity index (χ1n) is 8.21. The van der Waals surface area contributed by atoms with Crippen LogP contribution in [0.15, 0.2) is 30.6 Å². The number of aryl methyl sites for hydroxylation is 1. The number of anilines is 2. The van der Waals surface area contributed by atoms with Crippen LogP contribution in [0.5, 0.6) is 11.5 Å². The summed E-state index contributed by atoms with van der Waals surface area (Å²) in [4.78, 5) is 10.9. The predicted octanol–water partition coefficient (Wildman–Crippen LogP) is 2.88. The second-order valence-electron chi connectivity index (χ2n) is 6.05. The lowest BCUT2D eigenvalue weighted by Gasteiger charge is -2.34. The summed E-state index contributed by atoms with van der Waals surface area (Å²) in [6, 6.07) is 8.26. The molecule has 1 aromatic heterocycles. The van der Waals surface area contributed by atoms with Gasteiger partial charge in [-0.05, 0) is 19.8 Å². The lowest BCUT2D eigenvalue weighted by molar-refractivity contribution is 0.394. The molecule has 0 aliphatic carbocycles. The van der Waals surface area contributed by atoms with Gasteiger partial charge in [-0.25, -0.2) is 9.97 Å². The SMILES string of the molecule is COc1cc(N[C@H]2CCCN(c3cc(C)ncn3)C2)cc(OC)c1. The summed E-state index contributed by atoms with van der Waals surface area (Å²) in [6.45, 7) is 3.93. The standard InChI is InChI=1S/C18H24N4O2/c1-13-7-18(20-12-19-13)22-6-4-5-14(11-22)21-15-8-16(23-2)10-17(9-15)24-3/h7-10,12,14,21H,4-6,11H2,1-3H3/t14-/m0/s1. The van der Waals surface area contributed by atoms with Gasteiger partial charge in [0.25, 0.3) is 0 Å². The van der Waals surface area contributed by atoms with E-state index in [1.165, 1.54) is 0 Å². The summed E-state index contributed by atoms with van der Waals surface area (Å²) in [6.07, 6.45) is 3.89. The van der Waals surface area contributed by atoms with Crippen molar-refractivity contribution in [2.45, 2.75) is 25.8 Å². The molecular weight excluding hydrogens is 304 g/mol. The fraction of sp³-hybridized carbons (Fsp3) is 0.444. The summed E-state index contributed by atoms with van der Waals surface area (Å²) in [5, 5.41) is 3.60. The van der Waals surface area contributed by atoms with Gasteiger partial charge in [0.15, 0.2) is 0 Å². The number of hydrogen-bond donors (Lipinski definition) is 1. The fourth-order valence-electron chi connectivity index (χ4n) is 3.04. The number of benzene rings is 1. The zero-order valence-electron chi connectivity index (χ0n) is 14.5. The van der Waals surface area contributed by atoms with Gasteiger partial charge in [-0.1, -0.05) is 0 Å². The van der Waals surface area contributed by atoms with Crippen molar-refractivity contribution in [1.82, 2.24) is 9.97 Å². The van der Waals surface area contributed by atoms with Crippen molar-refractivity contribution in [3.8, 4) is 11.5 Å². The third-order valence-corrected chi connectivity index (χ3v) is 4.26. The van der Waals surface area contributed by atoms with E-state index in [0.29, 0.717) is 6.04 Å². The smallest absolute Gasteiger partial charge is 0.132 e. The van der Waals surface area contributed by atoms with E-state index in [1.54, 1.807) is 20.5 Å². The molecule has 1 saturated heterocycles. The highest BCUT2D eigenvalue weighted by Crippen LogP contribution is 2.28. The summed E-state index contributed by atoms with van der Waals surface area (Å²) in [7, 11) is 3.33. The van der Waals surface area contributed by atoms with Gasteiger partial charge in [0.05, 0.1) is 14.2 Å². The Bertz CT molecular complexity index is 670. The van der Waals surface area contributed by atoms with Crippen LogP contribution >= 0.6 is 0 Å². The molecule has 0 radical (unpaired) electrons. The van der Waals surface area contributed by atoms with Gasteiger partial charge in [-0.15, -0.1) is 0 Å². The Morgan fingerprint density at radius 1 is 1.08 bits per heavy atom. The zero-order chi connectivity index (χ0) is 16.9. The Labute approximate surface area is 142 Å². The van der Waals surface area contributed by atoms with E-state index in [1.807, 2.05) is 31.2 Å². The highest BCUT2D eigenvalue weighted by Gasteiger charge is 2.21. The summed E-state index contributed by atoms with van der Waals surface area (Å²) in [5.74, 6) is 2.57. The summed E-state index contributed by atoms with van der Waals surface area (Å²) in [5.41, 5.74) is 2.00. The monoisotopic (exact) mass is 328 g/mol. The van der Waals surface area contributed by atoms with Gasteiger partial charge >= 0.3 is 0 Å². The van der Waals surface area contributed by atoms with E-state index in [0.717, 1.165) is 54.6 Å². The minimum Gasteiger partial charge on any atom is -0.497 e. The number of hydrogen-bond acceptors (Lipinski definition) is 6. The maximum Gasteiger partial charge on any atom is 0.132 e. The molecule has 0 spiro atoms. The summed E-state index contributed by atoms with van der Waals surface area (Å²) < 4.78 is 10.7. The van der Waals surface area contributed by atoms with Crippen molar-refractivity contribution in [3.05, 3.63) is 36.3 Å². The van der Waals surface area contributed by atoms with Gasteiger partial charge in [0.2, 0.25) is 0 Å². The number of piperidine rings is 1. The first-order chi connectivity index (χ1) is 11.7. The molecule has 1 atom stereocenters. The normalized spacial score (nSPS) is 17.5. The minimum atomic E-state index is 0.353. The average molecular weight is 328 g/mol. The van der Waals surface area contributed by atoms with E-state index in [9.17, 15) is 0 Å². The maximum atomic E-state index is 5.34. The van der Waals surface area contributed by atoms with Crippen molar-refractivity contribution in [2.75, 3.05) is 37.5 Å². The van der Waals surface area contributed by atoms with E-state index >= 15 is 0 Å². The fourth-order valence-corrected chi connectivity index (χ4v) is 3.04. The van der Waals surface area contributed by atoms with Crippen LogP contribution in [0.4, 0.5) is 11.5 Å². The molecule has 2 aromatic rings. The molecule has 1 aliphatic heterocycles. The number of methoxy groups -OCH3 is 2. The lowest BCUT2D eigenvalue weighted by atomic mass is 10.1. The number of aromatic nitrogens is 2. The predicted molar refractivity (Wildman–Crippen MR) is 95.2 cm³/mol. The molecule has 128 valence electrons. The number of ether oxygens (including phenoxy) is 2. The molecule has 24 heavy (non-hydrogen) atoms. The molecule has 0 saturated carbocycles. The van der Waals surface area contributed by atoms with Crippen molar-refractivity contribution in [3.63, 3.8) is 0 Å². The second kappa shape index (κ2) is 7.38. The minimum absolute atomic E-state index is 0.353. The van der Waals surface area contributed by atoms with E-state index in [2.05, 4.69) is 20.2 Å². The second-order valence-corrected chi connectivity index (χ2v) is 6.05. The van der Waals surface area contributed by atoms with Crippen LogP contribution in [0.2, 0.25) is 0 Å². The van der Waals surface area contributed by atoms with Crippen LogP contribution in [-0.4, -0.2) is 43.3 Å². The van der Waals surface area contributed by atoms with Crippen molar-refractivity contribution in [1.29, 1.82) is 0 Å². The highest BCUT2D eigenvalue weighted by atomic mass is 16.5. The molecule has 3 rings (SSSR count). The Kier molecular flexibility index (Phi) is 5.03. The molecule has 0 unspecified atom stereocenters. The van der Waals surface area contributed by atoms with Crippen LogP contribution in [0, 0.1) is 6.92 Å². The van der Waals surface area contributed by atoms with Crippen molar-refractivity contribution < 1.29 is 9.47 Å². The number of nitrogens with zero attached hydrogens (tertiary/aromatic N) is 3. The summed E-state index contributed by atoms with van der Waals surface area (Å²) >= 11 is 0. The largest absolute Gasteiger partial charge is 0.497 e. The molecular formula is C18H24N4O2. The van der Waals surface area contributed by atoms with Gasteiger partial charge in [0, 0.05) is 54.8 Å². The molecule has 1 aliphatic rings. The number of rotatable bonds is 5. The van der Waals surface area contributed by atoms with Crippen LogP contribution in [0.3, 0.4) is 0 Å². The van der Waals surface area contributed by atoms with E-state index in [4.69, 9.17) is 9.47 Å². The van der Waals surface area contributed by atoms with Gasteiger partial charge in [0.1, 0.15) is 23.6 Å². The topological polar surface area (TPSA) is 59.5 Å². The Hall–Kier alpha value is -2.50. The Morgan fingerprint density at radius 3 is 2.50 bits per heavy atom. The molecule has 6 heteroatoms. The van der Waals surface area contributed by atoms with Crippen molar-refractivity contribution in [2.24, 2.45) is 0 Å². The highest BCUT2D eigenvalue weighted by molar-refractivity contribution is 5.55. The van der Waals surface area contributed by atoms with Gasteiger partial charge in [-0.3, -0.25) is 0 Å². The molecule has 0 amide bonds. The third kappa shape index (κ3) is 3.88. The molecule has 1 N–H and O–H groups in total. The number of nitrogens with one attached hydrogen (secondary N) is 1. The molecule has 0 bridgehead atoms. The lowest BCUT2D eigenvalue weighted by Crippen LogP contribution is -2.42. The van der Waals surface area contributed by atoms with Crippen LogP contribution in [0.1, 0.15) is 18.5 Å².